The third-order valence-corrected chi connectivity index (χ3v) is 6.11. The largest absolute Gasteiger partial charge is 0.372 e. The number of benzene rings is 2. The molecule has 0 bridgehead atoms. The molecule has 0 saturated carbocycles. The Morgan fingerprint density at radius 1 is 0.967 bits per heavy atom. The summed E-state index contributed by atoms with van der Waals surface area (Å²) in [4.78, 5) is 28.0. The summed E-state index contributed by atoms with van der Waals surface area (Å²) >= 11 is 1.38. The highest BCUT2D eigenvalue weighted by Crippen LogP contribution is 2.25. The van der Waals surface area contributed by atoms with Crippen LogP contribution in [0.25, 0.3) is 0 Å². The Morgan fingerprint density at radius 3 is 2.30 bits per heavy atom. The maximum absolute atomic E-state index is 12.9. The van der Waals surface area contributed by atoms with Gasteiger partial charge in [-0.15, -0.1) is 11.8 Å². The highest BCUT2D eigenvalue weighted by Gasteiger charge is 2.14. The van der Waals surface area contributed by atoms with Crippen LogP contribution in [0, 0.1) is 0 Å². The van der Waals surface area contributed by atoms with Gasteiger partial charge in [0.15, 0.2) is 0 Å². The van der Waals surface area contributed by atoms with Gasteiger partial charge in [-0.05, 0) is 63.1 Å². The van der Waals surface area contributed by atoms with E-state index in [1.807, 2.05) is 44.2 Å². The molecular formula is C24H31N3O2S. The Bertz CT molecular complexity index is 844. The van der Waals surface area contributed by atoms with E-state index < -0.39 is 0 Å². The van der Waals surface area contributed by atoms with Gasteiger partial charge in [0.05, 0.1) is 11.3 Å². The van der Waals surface area contributed by atoms with Crippen LogP contribution in [0.5, 0.6) is 0 Å². The first kappa shape index (κ1) is 22.2. The molecule has 2 N–H and O–H groups in total. The molecule has 0 atom stereocenters. The van der Waals surface area contributed by atoms with Gasteiger partial charge in [-0.1, -0.05) is 25.0 Å². The summed E-state index contributed by atoms with van der Waals surface area (Å²) in [7, 11) is 0. The molecule has 0 aromatic heterocycles. The predicted molar refractivity (Wildman–Crippen MR) is 126 cm³/mol. The molecule has 2 aromatic carbocycles. The third-order valence-electron chi connectivity index (χ3n) is 5.04. The number of hydrogen-bond donors (Lipinski definition) is 2. The van der Waals surface area contributed by atoms with Gasteiger partial charge >= 0.3 is 0 Å². The quantitative estimate of drug-likeness (QED) is 0.617. The van der Waals surface area contributed by atoms with Crippen molar-refractivity contribution in [3.8, 4) is 0 Å². The Labute approximate surface area is 183 Å². The van der Waals surface area contributed by atoms with Gasteiger partial charge < -0.3 is 15.5 Å². The van der Waals surface area contributed by atoms with Crippen LogP contribution in [0.3, 0.4) is 0 Å². The lowest BCUT2D eigenvalue weighted by Gasteiger charge is -2.22. The zero-order valence-corrected chi connectivity index (χ0v) is 18.6. The van der Waals surface area contributed by atoms with E-state index in [1.165, 1.54) is 43.1 Å². The lowest BCUT2D eigenvalue weighted by Crippen LogP contribution is -2.31. The lowest BCUT2D eigenvalue weighted by atomic mass is 10.2. The number of anilines is 2. The van der Waals surface area contributed by atoms with Crippen molar-refractivity contribution in [3.63, 3.8) is 0 Å². The number of hydrogen-bond acceptors (Lipinski definition) is 4. The molecular weight excluding hydrogens is 394 g/mol. The van der Waals surface area contributed by atoms with E-state index in [-0.39, 0.29) is 23.6 Å². The number of amides is 2. The van der Waals surface area contributed by atoms with Crippen LogP contribution < -0.4 is 15.5 Å². The monoisotopic (exact) mass is 425 g/mol. The van der Waals surface area contributed by atoms with Crippen LogP contribution in [-0.4, -0.2) is 36.7 Å². The second kappa shape index (κ2) is 11.1. The molecule has 2 amide bonds. The van der Waals surface area contributed by atoms with E-state index in [0.717, 1.165) is 23.7 Å². The minimum absolute atomic E-state index is 0.0330. The third kappa shape index (κ3) is 6.52. The second-order valence-corrected chi connectivity index (χ2v) is 8.93. The molecule has 0 radical (unpaired) electrons. The topological polar surface area (TPSA) is 61.4 Å². The SMILES string of the molecule is CC(C)NC(=O)CSc1ccccc1C(=O)Nc1ccc(N2CCCCCC2)cc1. The molecule has 0 spiro atoms. The summed E-state index contributed by atoms with van der Waals surface area (Å²) in [6.07, 6.45) is 5.09. The van der Waals surface area contributed by atoms with Crippen molar-refractivity contribution in [1.82, 2.24) is 5.32 Å². The fraction of sp³-hybridized carbons (Fsp3) is 0.417. The Morgan fingerprint density at radius 2 is 1.63 bits per heavy atom. The van der Waals surface area contributed by atoms with Gasteiger partial charge in [-0.3, -0.25) is 9.59 Å². The van der Waals surface area contributed by atoms with Crippen molar-refractivity contribution in [2.75, 3.05) is 29.1 Å². The van der Waals surface area contributed by atoms with Gasteiger partial charge in [-0.25, -0.2) is 0 Å². The normalized spacial score (nSPS) is 14.3. The molecule has 1 heterocycles. The number of nitrogens with one attached hydrogen (secondary N) is 2. The van der Waals surface area contributed by atoms with Gasteiger partial charge in [0.25, 0.3) is 5.91 Å². The Balaban J connectivity index is 1.62. The molecule has 3 rings (SSSR count). The van der Waals surface area contributed by atoms with Crippen LogP contribution in [0.15, 0.2) is 53.4 Å². The highest BCUT2D eigenvalue weighted by molar-refractivity contribution is 8.00. The fourth-order valence-corrected chi connectivity index (χ4v) is 4.43. The van der Waals surface area contributed by atoms with E-state index in [4.69, 9.17) is 0 Å². The van der Waals surface area contributed by atoms with Gasteiger partial charge in [0, 0.05) is 35.4 Å². The van der Waals surface area contributed by atoms with Crippen molar-refractivity contribution >= 4 is 35.0 Å². The van der Waals surface area contributed by atoms with E-state index in [0.29, 0.717) is 5.56 Å². The van der Waals surface area contributed by atoms with Crippen molar-refractivity contribution in [2.24, 2.45) is 0 Å². The Hall–Kier alpha value is -2.47. The van der Waals surface area contributed by atoms with Gasteiger partial charge in [-0.2, -0.15) is 0 Å². The van der Waals surface area contributed by atoms with Crippen molar-refractivity contribution < 1.29 is 9.59 Å². The minimum Gasteiger partial charge on any atom is -0.372 e. The molecule has 1 aliphatic rings. The Kier molecular flexibility index (Phi) is 8.20. The van der Waals surface area contributed by atoms with Gasteiger partial charge in [0.1, 0.15) is 0 Å². The summed E-state index contributed by atoms with van der Waals surface area (Å²) in [5, 5.41) is 5.86. The van der Waals surface area contributed by atoms with E-state index in [2.05, 4.69) is 27.7 Å². The average molecular weight is 426 g/mol. The molecule has 5 nitrogen and oxygen atoms in total. The van der Waals surface area contributed by atoms with Crippen LogP contribution in [0.4, 0.5) is 11.4 Å². The van der Waals surface area contributed by atoms with E-state index >= 15 is 0 Å². The summed E-state index contributed by atoms with van der Waals surface area (Å²) < 4.78 is 0. The molecule has 1 fully saturated rings. The first-order chi connectivity index (χ1) is 14.5. The lowest BCUT2D eigenvalue weighted by molar-refractivity contribution is -0.119. The first-order valence-corrected chi connectivity index (χ1v) is 11.7. The van der Waals surface area contributed by atoms with E-state index in [9.17, 15) is 9.59 Å². The average Bonchev–Trinajstić information content (AvgIpc) is 3.02. The molecule has 1 aliphatic heterocycles. The highest BCUT2D eigenvalue weighted by atomic mass is 32.2. The maximum atomic E-state index is 12.9. The summed E-state index contributed by atoms with van der Waals surface area (Å²) in [5.74, 6) is 0.0895. The fourth-order valence-electron chi connectivity index (χ4n) is 3.57. The molecule has 160 valence electrons. The first-order valence-electron chi connectivity index (χ1n) is 10.7. The predicted octanol–water partition coefficient (Wildman–Crippen LogP) is 4.94. The number of rotatable bonds is 7. The smallest absolute Gasteiger partial charge is 0.256 e. The maximum Gasteiger partial charge on any atom is 0.256 e. The molecule has 6 heteroatoms. The van der Waals surface area contributed by atoms with Crippen molar-refractivity contribution in [2.45, 2.75) is 50.5 Å². The van der Waals surface area contributed by atoms with Crippen LogP contribution >= 0.6 is 11.8 Å². The van der Waals surface area contributed by atoms with Crippen LogP contribution in [0.1, 0.15) is 49.9 Å². The number of carbonyl (C=O) groups excluding carboxylic acids is 2. The number of nitrogens with zero attached hydrogens (tertiary/aromatic N) is 1. The molecule has 2 aromatic rings. The second-order valence-electron chi connectivity index (χ2n) is 7.91. The molecule has 0 unspecified atom stereocenters. The zero-order valence-electron chi connectivity index (χ0n) is 17.8. The number of carbonyl (C=O) groups is 2. The van der Waals surface area contributed by atoms with E-state index in [1.54, 1.807) is 6.07 Å². The van der Waals surface area contributed by atoms with Crippen molar-refractivity contribution in [1.29, 1.82) is 0 Å². The molecule has 30 heavy (non-hydrogen) atoms. The summed E-state index contributed by atoms with van der Waals surface area (Å²) in [6, 6.07) is 15.6. The van der Waals surface area contributed by atoms with Crippen LogP contribution in [0.2, 0.25) is 0 Å². The minimum atomic E-state index is -0.162. The molecule has 1 saturated heterocycles. The summed E-state index contributed by atoms with van der Waals surface area (Å²) in [5.41, 5.74) is 2.56. The van der Waals surface area contributed by atoms with Crippen molar-refractivity contribution in [3.05, 3.63) is 54.1 Å². The van der Waals surface area contributed by atoms with Crippen LogP contribution in [-0.2, 0) is 4.79 Å². The van der Waals surface area contributed by atoms with Gasteiger partial charge in [0.2, 0.25) is 5.91 Å². The summed E-state index contributed by atoms with van der Waals surface area (Å²) in [6.45, 7) is 6.06. The zero-order chi connectivity index (χ0) is 21.3. The molecule has 0 aliphatic carbocycles. The standard InChI is InChI=1S/C24H31N3O2S/c1-18(2)25-23(28)17-30-22-10-6-5-9-21(22)24(29)26-19-11-13-20(14-12-19)27-15-7-3-4-8-16-27/h5-6,9-14,18H,3-4,7-8,15-17H2,1-2H3,(H,25,28)(H,26,29). The number of thioether (sulfide) groups is 1.